The van der Waals surface area contributed by atoms with E-state index in [1.165, 1.54) is 11.1 Å². The molecule has 0 saturated heterocycles. The third-order valence-corrected chi connectivity index (χ3v) is 3.64. The molecular formula is C19H23NO. The lowest BCUT2D eigenvalue weighted by molar-refractivity contribution is -0.124. The fraction of sp³-hybridized carbons (Fsp3) is 0.316. The Morgan fingerprint density at radius 1 is 0.952 bits per heavy atom. The summed E-state index contributed by atoms with van der Waals surface area (Å²) in [5.74, 6) is 0.443. The average molecular weight is 281 g/mol. The second-order valence-electron chi connectivity index (χ2n) is 5.70. The first-order chi connectivity index (χ1) is 10.2. The topological polar surface area (TPSA) is 29.1 Å². The maximum atomic E-state index is 11.8. The van der Waals surface area contributed by atoms with Crippen molar-refractivity contribution < 1.29 is 4.79 Å². The first kappa shape index (κ1) is 15.3. The van der Waals surface area contributed by atoms with Crippen LogP contribution in [-0.2, 0) is 11.2 Å². The fourth-order valence-electron chi connectivity index (χ4n) is 2.36. The van der Waals surface area contributed by atoms with Crippen molar-refractivity contribution in [3.8, 4) is 0 Å². The molecule has 21 heavy (non-hydrogen) atoms. The van der Waals surface area contributed by atoms with Crippen LogP contribution in [0.2, 0.25) is 0 Å². The molecule has 0 fully saturated rings. The van der Waals surface area contributed by atoms with Crippen molar-refractivity contribution in [2.45, 2.75) is 26.2 Å². The number of hydrogen-bond donors (Lipinski definition) is 1. The Morgan fingerprint density at radius 2 is 1.52 bits per heavy atom. The molecule has 0 aliphatic rings. The lowest BCUT2D eigenvalue weighted by Crippen LogP contribution is -2.32. The highest BCUT2D eigenvalue weighted by molar-refractivity contribution is 5.77. The molecule has 0 unspecified atom stereocenters. The minimum Gasteiger partial charge on any atom is -0.355 e. The number of carbonyl (C=O) groups is 1. The van der Waals surface area contributed by atoms with Crippen molar-refractivity contribution in [2.75, 3.05) is 6.54 Å². The Hall–Kier alpha value is -2.09. The van der Waals surface area contributed by atoms with Gasteiger partial charge in [-0.2, -0.15) is 0 Å². The van der Waals surface area contributed by atoms with Gasteiger partial charge < -0.3 is 5.32 Å². The number of nitrogens with one attached hydrogen (secondary N) is 1. The summed E-state index contributed by atoms with van der Waals surface area (Å²) in [6.07, 6.45) is 0.934. The minimum atomic E-state index is 0.0261. The van der Waals surface area contributed by atoms with Crippen molar-refractivity contribution in [3.05, 3.63) is 71.8 Å². The van der Waals surface area contributed by atoms with Gasteiger partial charge in [-0.3, -0.25) is 4.79 Å². The largest absolute Gasteiger partial charge is 0.355 e. The molecule has 0 radical (unpaired) electrons. The minimum absolute atomic E-state index is 0.0261. The van der Waals surface area contributed by atoms with Crippen LogP contribution in [0.15, 0.2) is 60.7 Å². The van der Waals surface area contributed by atoms with Gasteiger partial charge >= 0.3 is 0 Å². The van der Waals surface area contributed by atoms with Gasteiger partial charge in [0, 0.05) is 18.4 Å². The molecular weight excluding hydrogens is 258 g/mol. The summed E-state index contributed by atoms with van der Waals surface area (Å²) in [4.78, 5) is 11.8. The second-order valence-corrected chi connectivity index (χ2v) is 5.70. The van der Waals surface area contributed by atoms with E-state index in [9.17, 15) is 4.79 Å². The number of rotatable bonds is 6. The molecule has 2 heteroatoms. The molecule has 1 amide bonds. The third kappa shape index (κ3) is 4.75. The van der Waals surface area contributed by atoms with Crippen molar-refractivity contribution >= 4 is 5.91 Å². The van der Waals surface area contributed by atoms with Crippen LogP contribution in [0.25, 0.3) is 0 Å². The van der Waals surface area contributed by atoms with Gasteiger partial charge in [-0.25, -0.2) is 0 Å². The van der Waals surface area contributed by atoms with Gasteiger partial charge in [-0.1, -0.05) is 74.5 Å². The zero-order valence-corrected chi connectivity index (χ0v) is 12.8. The third-order valence-electron chi connectivity index (χ3n) is 3.64. The van der Waals surface area contributed by atoms with Gasteiger partial charge in [-0.15, -0.1) is 0 Å². The highest BCUT2D eigenvalue weighted by atomic mass is 16.1. The van der Waals surface area contributed by atoms with E-state index >= 15 is 0 Å². The zero-order valence-electron chi connectivity index (χ0n) is 12.8. The van der Waals surface area contributed by atoms with Crippen LogP contribution >= 0.6 is 0 Å². The molecule has 0 heterocycles. The quantitative estimate of drug-likeness (QED) is 0.857. The Kier molecular flexibility index (Phi) is 5.56. The fourth-order valence-corrected chi connectivity index (χ4v) is 2.36. The Balaban J connectivity index is 2.09. The van der Waals surface area contributed by atoms with Crippen molar-refractivity contribution in [2.24, 2.45) is 5.92 Å². The summed E-state index contributed by atoms with van der Waals surface area (Å²) in [7, 11) is 0. The highest BCUT2D eigenvalue weighted by Gasteiger charge is 2.14. The maximum Gasteiger partial charge on any atom is 0.222 e. The summed E-state index contributed by atoms with van der Waals surface area (Å²) in [6, 6.07) is 20.8. The standard InChI is InChI=1S/C19H23NO/c1-15(2)19(21)20-14-18(17-11-7-4-8-12-17)13-16-9-5-3-6-10-16/h3-12,15,18H,13-14H2,1-2H3,(H,20,21)/t18-/m1/s1. The number of hydrogen-bond acceptors (Lipinski definition) is 1. The predicted molar refractivity (Wildman–Crippen MR) is 87.2 cm³/mol. The normalized spacial score (nSPS) is 12.1. The second kappa shape index (κ2) is 7.63. The van der Waals surface area contributed by atoms with Gasteiger partial charge in [0.25, 0.3) is 0 Å². The Morgan fingerprint density at radius 3 is 2.10 bits per heavy atom. The van der Waals surface area contributed by atoms with Gasteiger partial charge in [0.15, 0.2) is 0 Å². The zero-order chi connectivity index (χ0) is 15.1. The lowest BCUT2D eigenvalue weighted by Gasteiger charge is -2.19. The van der Waals surface area contributed by atoms with Gasteiger partial charge in [-0.05, 0) is 17.5 Å². The van der Waals surface area contributed by atoms with Crippen molar-refractivity contribution in [3.63, 3.8) is 0 Å². The molecule has 0 aliphatic carbocycles. The molecule has 2 nitrogen and oxygen atoms in total. The molecule has 0 spiro atoms. The van der Waals surface area contributed by atoms with Gasteiger partial charge in [0.05, 0.1) is 0 Å². The smallest absolute Gasteiger partial charge is 0.222 e. The Bertz CT molecular complexity index is 548. The molecule has 0 aliphatic heterocycles. The van der Waals surface area contributed by atoms with Crippen LogP contribution in [0.4, 0.5) is 0 Å². The maximum absolute atomic E-state index is 11.8. The molecule has 0 aromatic heterocycles. The SMILES string of the molecule is CC(C)C(=O)NC[C@@H](Cc1ccccc1)c1ccccc1. The summed E-state index contributed by atoms with van der Waals surface area (Å²) < 4.78 is 0. The first-order valence-corrected chi connectivity index (χ1v) is 7.53. The van der Waals surface area contributed by atoms with Crippen molar-refractivity contribution in [1.29, 1.82) is 0 Å². The molecule has 2 aromatic rings. The van der Waals surface area contributed by atoms with E-state index in [0.29, 0.717) is 12.5 Å². The van der Waals surface area contributed by atoms with Crippen LogP contribution in [0.1, 0.15) is 30.9 Å². The molecule has 1 atom stereocenters. The van der Waals surface area contributed by atoms with Crippen LogP contribution < -0.4 is 5.32 Å². The highest BCUT2D eigenvalue weighted by Crippen LogP contribution is 2.20. The van der Waals surface area contributed by atoms with Crippen LogP contribution in [0.3, 0.4) is 0 Å². The van der Waals surface area contributed by atoms with Gasteiger partial charge in [0.1, 0.15) is 0 Å². The van der Waals surface area contributed by atoms with E-state index in [4.69, 9.17) is 0 Å². The molecule has 2 aromatic carbocycles. The van der Waals surface area contributed by atoms with E-state index in [1.807, 2.05) is 26.0 Å². The summed E-state index contributed by atoms with van der Waals surface area (Å²) in [6.45, 7) is 4.52. The monoisotopic (exact) mass is 281 g/mol. The number of amides is 1. The summed E-state index contributed by atoms with van der Waals surface area (Å²) in [5, 5.41) is 3.06. The van der Waals surface area contributed by atoms with E-state index in [2.05, 4.69) is 53.8 Å². The first-order valence-electron chi connectivity index (χ1n) is 7.53. The summed E-state index contributed by atoms with van der Waals surface area (Å²) >= 11 is 0. The lowest BCUT2D eigenvalue weighted by atomic mass is 9.92. The average Bonchev–Trinajstić information content (AvgIpc) is 2.52. The van der Waals surface area contributed by atoms with Crippen LogP contribution in [0, 0.1) is 5.92 Å². The number of benzene rings is 2. The number of carbonyl (C=O) groups excluding carboxylic acids is 1. The van der Waals surface area contributed by atoms with E-state index in [1.54, 1.807) is 0 Å². The van der Waals surface area contributed by atoms with Crippen molar-refractivity contribution in [1.82, 2.24) is 5.32 Å². The molecule has 1 N–H and O–H groups in total. The molecule has 110 valence electrons. The van der Waals surface area contributed by atoms with E-state index < -0.39 is 0 Å². The molecule has 0 saturated carbocycles. The summed E-state index contributed by atoms with van der Waals surface area (Å²) in [5.41, 5.74) is 2.57. The van der Waals surface area contributed by atoms with Gasteiger partial charge in [0.2, 0.25) is 5.91 Å². The predicted octanol–water partition coefficient (Wildman–Crippen LogP) is 3.79. The molecule has 2 rings (SSSR count). The van der Waals surface area contributed by atoms with Crippen LogP contribution in [-0.4, -0.2) is 12.5 Å². The van der Waals surface area contributed by atoms with Crippen LogP contribution in [0.5, 0.6) is 0 Å². The van der Waals surface area contributed by atoms with E-state index in [-0.39, 0.29) is 11.8 Å². The Labute approximate surface area is 127 Å². The van der Waals surface area contributed by atoms with E-state index in [0.717, 1.165) is 6.42 Å². The molecule has 0 bridgehead atoms.